The van der Waals surface area contributed by atoms with E-state index in [2.05, 4.69) is 6.07 Å². The van der Waals surface area contributed by atoms with E-state index in [0.717, 1.165) is 11.1 Å². The van der Waals surface area contributed by atoms with E-state index in [1.165, 1.54) is 12.0 Å². The smallest absolute Gasteiger partial charge is 0.415 e. The van der Waals surface area contributed by atoms with Crippen molar-refractivity contribution in [3.63, 3.8) is 0 Å². The first kappa shape index (κ1) is 11.2. The first-order valence-corrected chi connectivity index (χ1v) is 5.23. The number of nitrogens with zero attached hydrogens (tertiary/aromatic N) is 2. The van der Waals surface area contributed by atoms with Gasteiger partial charge in [-0.2, -0.15) is 5.26 Å². The van der Waals surface area contributed by atoms with E-state index in [9.17, 15) is 10.1 Å². The fourth-order valence-electron chi connectivity index (χ4n) is 2.00. The molecule has 1 aromatic carbocycles. The highest BCUT2D eigenvalue weighted by atomic mass is 16.5. The van der Waals surface area contributed by atoms with Crippen molar-refractivity contribution in [3.05, 3.63) is 41.1 Å². The van der Waals surface area contributed by atoms with Crippen LogP contribution in [0.3, 0.4) is 0 Å². The van der Waals surface area contributed by atoms with Crippen molar-refractivity contribution in [2.45, 2.75) is 13.0 Å². The minimum absolute atomic E-state index is 0.514. The molecular weight excluding hydrogens is 216 g/mol. The second-order valence-corrected chi connectivity index (χ2v) is 3.79. The number of methoxy groups -OCH3 is 1. The molecule has 0 aromatic heterocycles. The summed E-state index contributed by atoms with van der Waals surface area (Å²) in [5, 5.41) is 9.24. The number of hydrogen-bond donors (Lipinski definition) is 0. The van der Waals surface area contributed by atoms with E-state index >= 15 is 0 Å². The molecule has 1 aliphatic heterocycles. The molecule has 1 atom stereocenters. The predicted molar refractivity (Wildman–Crippen MR) is 62.7 cm³/mol. The van der Waals surface area contributed by atoms with Gasteiger partial charge in [0.05, 0.1) is 13.2 Å². The van der Waals surface area contributed by atoms with Crippen LogP contribution in [0.15, 0.2) is 30.0 Å². The average molecular weight is 228 g/mol. The summed E-state index contributed by atoms with van der Waals surface area (Å²) < 4.78 is 4.70. The molecule has 0 fully saturated rings. The van der Waals surface area contributed by atoms with Crippen molar-refractivity contribution in [2.24, 2.45) is 0 Å². The molecule has 1 aromatic rings. The summed E-state index contributed by atoms with van der Waals surface area (Å²) >= 11 is 0. The minimum atomic E-state index is -0.622. The van der Waals surface area contributed by atoms with Crippen molar-refractivity contribution in [3.8, 4) is 6.07 Å². The van der Waals surface area contributed by atoms with E-state index in [4.69, 9.17) is 4.74 Å². The molecular formula is C13H12N2O2. The SMILES string of the molecule is COC(=O)N1C(C)=Cc2ccccc2[C@@H]1C#N. The number of amides is 1. The van der Waals surface area contributed by atoms with Crippen LogP contribution in [0.1, 0.15) is 24.1 Å². The molecule has 86 valence electrons. The second-order valence-electron chi connectivity index (χ2n) is 3.79. The highest BCUT2D eigenvalue weighted by Gasteiger charge is 2.31. The lowest BCUT2D eigenvalue weighted by molar-refractivity contribution is 0.128. The fourth-order valence-corrected chi connectivity index (χ4v) is 2.00. The third kappa shape index (κ3) is 1.76. The highest BCUT2D eigenvalue weighted by Crippen LogP contribution is 2.33. The van der Waals surface area contributed by atoms with Gasteiger partial charge in [-0.05, 0) is 24.1 Å². The number of benzene rings is 1. The maximum absolute atomic E-state index is 11.7. The van der Waals surface area contributed by atoms with Gasteiger partial charge in [-0.1, -0.05) is 24.3 Å². The first-order chi connectivity index (χ1) is 8.19. The van der Waals surface area contributed by atoms with Crippen LogP contribution in [0.2, 0.25) is 0 Å². The van der Waals surface area contributed by atoms with Crippen LogP contribution < -0.4 is 0 Å². The number of allylic oxidation sites excluding steroid dienone is 1. The van der Waals surface area contributed by atoms with Gasteiger partial charge in [-0.25, -0.2) is 4.79 Å². The maximum Gasteiger partial charge on any atom is 0.415 e. The lowest BCUT2D eigenvalue weighted by Gasteiger charge is -2.31. The monoisotopic (exact) mass is 228 g/mol. The minimum Gasteiger partial charge on any atom is -0.452 e. The van der Waals surface area contributed by atoms with Gasteiger partial charge in [0.1, 0.15) is 0 Å². The molecule has 0 saturated heterocycles. The Bertz CT molecular complexity index is 528. The molecule has 1 heterocycles. The van der Waals surface area contributed by atoms with Gasteiger partial charge in [0.2, 0.25) is 0 Å². The van der Waals surface area contributed by atoms with Crippen molar-refractivity contribution in [2.75, 3.05) is 7.11 Å². The quantitative estimate of drug-likeness (QED) is 0.686. The standard InChI is InChI=1S/C13H12N2O2/c1-9-7-10-5-3-4-6-11(10)12(8-14)15(9)13(16)17-2/h3-7,12H,1-2H3/t12-/m0/s1. The molecule has 4 nitrogen and oxygen atoms in total. The van der Waals surface area contributed by atoms with Gasteiger partial charge in [0.25, 0.3) is 0 Å². The molecule has 4 heteroatoms. The third-order valence-corrected chi connectivity index (χ3v) is 2.79. The molecule has 1 amide bonds. The molecule has 0 spiro atoms. The molecule has 0 N–H and O–H groups in total. The van der Waals surface area contributed by atoms with Crippen LogP contribution in [-0.4, -0.2) is 18.1 Å². The Morgan fingerprint density at radius 2 is 2.18 bits per heavy atom. The number of fused-ring (bicyclic) bond motifs is 1. The summed E-state index contributed by atoms with van der Waals surface area (Å²) in [4.78, 5) is 13.0. The molecule has 0 saturated carbocycles. The van der Waals surface area contributed by atoms with Crippen molar-refractivity contribution in [1.82, 2.24) is 4.90 Å². The zero-order chi connectivity index (χ0) is 12.4. The van der Waals surface area contributed by atoms with E-state index in [1.807, 2.05) is 30.3 Å². The first-order valence-electron chi connectivity index (χ1n) is 5.23. The van der Waals surface area contributed by atoms with Gasteiger partial charge in [-0.15, -0.1) is 0 Å². The average Bonchev–Trinajstić information content (AvgIpc) is 2.36. The predicted octanol–water partition coefficient (Wildman–Crippen LogP) is 2.69. The van der Waals surface area contributed by atoms with Crippen LogP contribution >= 0.6 is 0 Å². The number of rotatable bonds is 0. The zero-order valence-electron chi connectivity index (χ0n) is 9.68. The van der Waals surface area contributed by atoms with Crippen molar-refractivity contribution < 1.29 is 9.53 Å². The van der Waals surface area contributed by atoms with Crippen molar-refractivity contribution in [1.29, 1.82) is 5.26 Å². The van der Waals surface area contributed by atoms with E-state index in [1.54, 1.807) is 6.92 Å². The normalized spacial score (nSPS) is 17.8. The zero-order valence-corrected chi connectivity index (χ0v) is 9.68. The Morgan fingerprint density at radius 3 is 2.82 bits per heavy atom. The Morgan fingerprint density at radius 1 is 1.47 bits per heavy atom. The Balaban J connectivity index is 2.55. The topological polar surface area (TPSA) is 53.3 Å². The van der Waals surface area contributed by atoms with Crippen molar-refractivity contribution >= 4 is 12.2 Å². The number of nitriles is 1. The summed E-state index contributed by atoms with van der Waals surface area (Å²) in [5.74, 6) is 0. The second kappa shape index (κ2) is 4.30. The van der Waals surface area contributed by atoms with Crippen LogP contribution in [-0.2, 0) is 4.74 Å². The van der Waals surface area contributed by atoms with Gasteiger partial charge in [-0.3, -0.25) is 4.90 Å². The van der Waals surface area contributed by atoms with Crippen LogP contribution in [0.4, 0.5) is 4.79 Å². The van der Waals surface area contributed by atoms with Crippen LogP contribution in [0, 0.1) is 11.3 Å². The molecule has 1 aliphatic rings. The number of hydrogen-bond acceptors (Lipinski definition) is 3. The van der Waals surface area contributed by atoms with Gasteiger partial charge in [0, 0.05) is 5.70 Å². The Kier molecular flexibility index (Phi) is 2.84. The van der Waals surface area contributed by atoms with E-state index in [0.29, 0.717) is 5.70 Å². The van der Waals surface area contributed by atoms with Gasteiger partial charge >= 0.3 is 6.09 Å². The molecule has 17 heavy (non-hydrogen) atoms. The molecule has 0 aliphatic carbocycles. The van der Waals surface area contributed by atoms with Gasteiger partial charge in [0.15, 0.2) is 6.04 Å². The lowest BCUT2D eigenvalue weighted by atomic mass is 9.95. The van der Waals surface area contributed by atoms with Crippen LogP contribution in [0.25, 0.3) is 6.08 Å². The molecule has 0 radical (unpaired) electrons. The molecule has 0 unspecified atom stereocenters. The Hall–Kier alpha value is -2.28. The third-order valence-electron chi connectivity index (χ3n) is 2.79. The number of ether oxygens (including phenoxy) is 1. The maximum atomic E-state index is 11.7. The molecule has 2 rings (SSSR count). The summed E-state index contributed by atoms with van der Waals surface area (Å²) in [6.07, 6.45) is 1.36. The highest BCUT2D eigenvalue weighted by molar-refractivity contribution is 5.76. The fraction of sp³-hybridized carbons (Fsp3) is 0.231. The number of carbonyl (C=O) groups is 1. The largest absolute Gasteiger partial charge is 0.452 e. The summed E-state index contributed by atoms with van der Waals surface area (Å²) in [6, 6.07) is 9.06. The van der Waals surface area contributed by atoms with Crippen LogP contribution in [0.5, 0.6) is 0 Å². The summed E-state index contributed by atoms with van der Waals surface area (Å²) in [6.45, 7) is 1.79. The summed E-state index contributed by atoms with van der Waals surface area (Å²) in [5.41, 5.74) is 2.50. The van der Waals surface area contributed by atoms with Gasteiger partial charge < -0.3 is 4.74 Å². The van der Waals surface area contributed by atoms with E-state index in [-0.39, 0.29) is 0 Å². The van der Waals surface area contributed by atoms with E-state index < -0.39 is 12.1 Å². The Labute approximate surface area is 99.7 Å². The lowest BCUT2D eigenvalue weighted by Crippen LogP contribution is -2.34. The summed E-state index contributed by atoms with van der Waals surface area (Å²) in [7, 11) is 1.31. The molecule has 0 bridgehead atoms. The number of carbonyl (C=O) groups excluding carboxylic acids is 1.